The molecule has 1 fully saturated rings. The number of benzene rings is 2. The van der Waals surface area contributed by atoms with Gasteiger partial charge >= 0.3 is 0 Å². The van der Waals surface area contributed by atoms with Gasteiger partial charge in [-0.15, -0.1) is 0 Å². The molecule has 0 bridgehead atoms. The number of hydrogen-bond donors (Lipinski definition) is 3. The summed E-state index contributed by atoms with van der Waals surface area (Å²) in [6.07, 6.45) is 0. The van der Waals surface area contributed by atoms with Gasteiger partial charge in [-0.1, -0.05) is 29.8 Å². The van der Waals surface area contributed by atoms with Crippen LogP contribution in [0.4, 0.5) is 5.69 Å². The second kappa shape index (κ2) is 9.01. The standard InChI is InChI=1S/C21H23ClN4O/c1-16(21(27)24-20-4-2-3-18(13-20)14-23)26-11-9-25(10-12-26)15-17-5-7-19(22)8-6-17/h2-8,13,16H,9-12,15H2,1H3,(H,24,27)/p+2/t16-/m0/s1. The molecule has 3 N–H and O–H groups in total. The Kier molecular flexibility index (Phi) is 6.46. The van der Waals surface area contributed by atoms with E-state index in [9.17, 15) is 4.79 Å². The van der Waals surface area contributed by atoms with E-state index in [1.54, 1.807) is 18.2 Å². The number of quaternary nitrogens is 2. The van der Waals surface area contributed by atoms with Crippen LogP contribution in [0.3, 0.4) is 0 Å². The first-order valence-electron chi connectivity index (χ1n) is 9.29. The average Bonchev–Trinajstić information content (AvgIpc) is 2.70. The van der Waals surface area contributed by atoms with Gasteiger partial charge in [0, 0.05) is 16.3 Å². The largest absolute Gasteiger partial charge is 0.322 e. The molecule has 6 heteroatoms. The number of nitrogens with zero attached hydrogens (tertiary/aromatic N) is 1. The lowest BCUT2D eigenvalue weighted by Gasteiger charge is -2.32. The summed E-state index contributed by atoms with van der Waals surface area (Å²) in [7, 11) is 0. The van der Waals surface area contributed by atoms with E-state index in [1.165, 1.54) is 15.4 Å². The Hall–Kier alpha value is -2.39. The van der Waals surface area contributed by atoms with Crippen LogP contribution in [0.15, 0.2) is 48.5 Å². The third kappa shape index (κ3) is 5.30. The van der Waals surface area contributed by atoms with Crippen LogP contribution in [0.25, 0.3) is 0 Å². The lowest BCUT2D eigenvalue weighted by Crippen LogP contribution is -3.29. The molecule has 1 heterocycles. The summed E-state index contributed by atoms with van der Waals surface area (Å²) in [4.78, 5) is 15.4. The van der Waals surface area contributed by atoms with Crippen LogP contribution in [0.2, 0.25) is 5.02 Å². The highest BCUT2D eigenvalue weighted by molar-refractivity contribution is 6.30. The number of amides is 1. The Morgan fingerprint density at radius 1 is 1.19 bits per heavy atom. The molecule has 0 spiro atoms. The Balaban J connectivity index is 1.50. The summed E-state index contributed by atoms with van der Waals surface area (Å²) in [5, 5.41) is 12.7. The summed E-state index contributed by atoms with van der Waals surface area (Å²) < 4.78 is 0. The molecule has 0 aliphatic carbocycles. The molecule has 2 aromatic carbocycles. The second-order valence-corrected chi connectivity index (χ2v) is 7.55. The van der Waals surface area contributed by atoms with E-state index < -0.39 is 0 Å². The van der Waals surface area contributed by atoms with Crippen LogP contribution in [-0.2, 0) is 11.3 Å². The number of anilines is 1. The van der Waals surface area contributed by atoms with Gasteiger partial charge in [-0.2, -0.15) is 5.26 Å². The smallest absolute Gasteiger partial charge is 0.282 e. The zero-order valence-corrected chi connectivity index (χ0v) is 16.2. The fourth-order valence-electron chi connectivity index (χ4n) is 3.53. The Labute approximate surface area is 165 Å². The molecule has 2 aromatic rings. The van der Waals surface area contributed by atoms with E-state index in [1.807, 2.05) is 25.1 Å². The average molecular weight is 385 g/mol. The van der Waals surface area contributed by atoms with Gasteiger partial charge in [-0.3, -0.25) is 4.79 Å². The van der Waals surface area contributed by atoms with Crippen molar-refractivity contribution < 1.29 is 14.6 Å². The maximum absolute atomic E-state index is 12.6. The molecule has 3 rings (SSSR count). The predicted molar refractivity (Wildman–Crippen MR) is 106 cm³/mol. The summed E-state index contributed by atoms with van der Waals surface area (Å²) in [5.74, 6) is 0.00115. The van der Waals surface area contributed by atoms with Crippen LogP contribution < -0.4 is 15.1 Å². The maximum atomic E-state index is 12.6. The normalized spacial score (nSPS) is 20.5. The van der Waals surface area contributed by atoms with Gasteiger partial charge in [0.15, 0.2) is 6.04 Å². The molecule has 0 saturated carbocycles. The fourth-order valence-corrected chi connectivity index (χ4v) is 3.65. The van der Waals surface area contributed by atoms with Crippen LogP contribution >= 0.6 is 11.6 Å². The van der Waals surface area contributed by atoms with E-state index >= 15 is 0 Å². The van der Waals surface area contributed by atoms with Gasteiger partial charge < -0.3 is 15.1 Å². The zero-order chi connectivity index (χ0) is 19.2. The number of carbonyl (C=O) groups is 1. The lowest BCUT2D eigenvalue weighted by atomic mass is 10.1. The van der Waals surface area contributed by atoms with E-state index in [2.05, 4.69) is 23.5 Å². The second-order valence-electron chi connectivity index (χ2n) is 7.12. The van der Waals surface area contributed by atoms with Crippen molar-refractivity contribution in [1.82, 2.24) is 0 Å². The summed E-state index contributed by atoms with van der Waals surface area (Å²) in [6, 6.07) is 17.0. The molecule has 27 heavy (non-hydrogen) atoms. The van der Waals surface area contributed by atoms with Crippen molar-refractivity contribution in [1.29, 1.82) is 5.26 Å². The van der Waals surface area contributed by atoms with Gasteiger partial charge in [-0.05, 0) is 37.3 Å². The van der Waals surface area contributed by atoms with Crippen molar-refractivity contribution >= 4 is 23.2 Å². The highest BCUT2D eigenvalue weighted by atomic mass is 35.5. The van der Waals surface area contributed by atoms with Gasteiger partial charge in [0.25, 0.3) is 5.91 Å². The first-order chi connectivity index (χ1) is 13.0. The van der Waals surface area contributed by atoms with Crippen molar-refractivity contribution in [3.63, 3.8) is 0 Å². The van der Waals surface area contributed by atoms with Crippen molar-refractivity contribution in [2.75, 3.05) is 31.5 Å². The quantitative estimate of drug-likeness (QED) is 0.704. The van der Waals surface area contributed by atoms with E-state index in [0.717, 1.165) is 37.7 Å². The minimum Gasteiger partial charge on any atom is -0.322 e. The number of nitriles is 1. The topological polar surface area (TPSA) is 61.8 Å². The van der Waals surface area contributed by atoms with Crippen LogP contribution in [-0.4, -0.2) is 38.1 Å². The maximum Gasteiger partial charge on any atom is 0.282 e. The van der Waals surface area contributed by atoms with Crippen molar-refractivity contribution in [2.45, 2.75) is 19.5 Å². The van der Waals surface area contributed by atoms with Crippen molar-refractivity contribution in [2.24, 2.45) is 0 Å². The van der Waals surface area contributed by atoms with Crippen LogP contribution in [0, 0.1) is 11.3 Å². The molecule has 0 aromatic heterocycles. The predicted octanol–water partition coefficient (Wildman–Crippen LogP) is 0.522. The van der Waals surface area contributed by atoms with E-state index in [0.29, 0.717) is 11.3 Å². The number of carbonyl (C=O) groups excluding carboxylic acids is 1. The molecule has 140 valence electrons. The van der Waals surface area contributed by atoms with E-state index in [4.69, 9.17) is 16.9 Å². The van der Waals surface area contributed by atoms with Gasteiger partial charge in [0.2, 0.25) is 0 Å². The molecule has 5 nitrogen and oxygen atoms in total. The number of nitrogens with one attached hydrogen (secondary N) is 3. The van der Waals surface area contributed by atoms with Crippen molar-refractivity contribution in [3.05, 3.63) is 64.7 Å². The Bertz CT molecular complexity index is 823. The molecule has 0 radical (unpaired) electrons. The number of rotatable bonds is 5. The number of hydrogen-bond acceptors (Lipinski definition) is 2. The minimum atomic E-state index is -0.118. The number of piperazine rings is 1. The Morgan fingerprint density at radius 3 is 2.56 bits per heavy atom. The van der Waals surface area contributed by atoms with Crippen molar-refractivity contribution in [3.8, 4) is 6.07 Å². The highest BCUT2D eigenvalue weighted by Crippen LogP contribution is 2.10. The third-order valence-corrected chi connectivity index (χ3v) is 5.48. The highest BCUT2D eigenvalue weighted by Gasteiger charge is 2.31. The molecule has 1 saturated heterocycles. The Morgan fingerprint density at radius 2 is 1.89 bits per heavy atom. The molecule has 1 aliphatic heterocycles. The SMILES string of the molecule is C[C@@H](C(=O)Nc1cccc(C#N)c1)[NH+]1CC[NH+](Cc2ccc(Cl)cc2)CC1. The summed E-state index contributed by atoms with van der Waals surface area (Å²) in [5.41, 5.74) is 2.52. The molecular formula is C21H25ClN4O+2. The van der Waals surface area contributed by atoms with Gasteiger partial charge in [0.05, 0.1) is 11.6 Å². The molecule has 1 atom stereocenters. The third-order valence-electron chi connectivity index (χ3n) is 5.23. The van der Waals surface area contributed by atoms with Gasteiger partial charge in [0.1, 0.15) is 32.7 Å². The first kappa shape index (κ1) is 19.4. The molecular weight excluding hydrogens is 360 g/mol. The molecule has 1 amide bonds. The summed E-state index contributed by atoms with van der Waals surface area (Å²) in [6.45, 7) is 6.99. The van der Waals surface area contributed by atoms with E-state index in [-0.39, 0.29) is 11.9 Å². The molecule has 1 aliphatic rings. The zero-order valence-electron chi connectivity index (χ0n) is 15.5. The molecule has 0 unspecified atom stereocenters. The monoisotopic (exact) mass is 384 g/mol. The lowest BCUT2D eigenvalue weighted by molar-refractivity contribution is -1.02. The minimum absolute atomic E-state index is 0.00115. The van der Waals surface area contributed by atoms with Crippen LogP contribution in [0.1, 0.15) is 18.1 Å². The first-order valence-corrected chi connectivity index (χ1v) is 9.66. The fraction of sp³-hybridized carbons (Fsp3) is 0.333. The number of halogens is 1. The van der Waals surface area contributed by atoms with Crippen LogP contribution in [0.5, 0.6) is 0 Å². The summed E-state index contributed by atoms with van der Waals surface area (Å²) >= 11 is 5.95. The van der Waals surface area contributed by atoms with Gasteiger partial charge in [-0.25, -0.2) is 0 Å².